The van der Waals surface area contributed by atoms with Crippen molar-refractivity contribution in [3.05, 3.63) is 24.3 Å². The first kappa shape index (κ1) is 15.8. The molecular formula is C15H20N4O3. The highest BCUT2D eigenvalue weighted by atomic mass is 16.2. The summed E-state index contributed by atoms with van der Waals surface area (Å²) in [6.45, 7) is 2.39. The number of rotatable bonds is 3. The van der Waals surface area contributed by atoms with E-state index in [9.17, 15) is 14.4 Å². The van der Waals surface area contributed by atoms with Crippen molar-refractivity contribution < 1.29 is 14.4 Å². The van der Waals surface area contributed by atoms with Crippen molar-refractivity contribution in [2.75, 3.05) is 23.7 Å². The summed E-state index contributed by atoms with van der Waals surface area (Å²) < 4.78 is 0. The van der Waals surface area contributed by atoms with Crippen LogP contribution in [0.3, 0.4) is 0 Å². The Morgan fingerprint density at radius 3 is 2.27 bits per heavy atom. The van der Waals surface area contributed by atoms with Crippen LogP contribution in [-0.2, 0) is 9.59 Å². The Hall–Kier alpha value is -2.57. The predicted molar refractivity (Wildman–Crippen MR) is 83.3 cm³/mol. The molecule has 0 spiro atoms. The zero-order valence-corrected chi connectivity index (χ0v) is 12.5. The molecule has 1 aromatic carbocycles. The lowest BCUT2D eigenvalue weighted by atomic mass is 9.97. The smallest absolute Gasteiger partial charge is 0.314 e. The van der Waals surface area contributed by atoms with Crippen LogP contribution in [0.15, 0.2) is 24.3 Å². The third-order valence-corrected chi connectivity index (χ3v) is 3.58. The fourth-order valence-corrected chi connectivity index (χ4v) is 2.48. The van der Waals surface area contributed by atoms with Gasteiger partial charge in [0.25, 0.3) is 0 Å². The van der Waals surface area contributed by atoms with Crippen molar-refractivity contribution in [1.29, 1.82) is 0 Å². The largest absolute Gasteiger partial charge is 0.351 e. The van der Waals surface area contributed by atoms with E-state index >= 15 is 0 Å². The van der Waals surface area contributed by atoms with E-state index in [0.29, 0.717) is 24.5 Å². The Balaban J connectivity index is 1.93. The van der Waals surface area contributed by atoms with Crippen molar-refractivity contribution in [2.24, 2.45) is 11.7 Å². The summed E-state index contributed by atoms with van der Waals surface area (Å²) in [6, 6.07) is 6.38. The van der Waals surface area contributed by atoms with Gasteiger partial charge >= 0.3 is 6.03 Å². The predicted octanol–water partition coefficient (Wildman–Crippen LogP) is 1.37. The second-order valence-corrected chi connectivity index (χ2v) is 5.37. The second-order valence-electron chi connectivity index (χ2n) is 5.37. The molecule has 118 valence electrons. The number of primary amides is 1. The van der Waals surface area contributed by atoms with E-state index < -0.39 is 6.03 Å². The second kappa shape index (κ2) is 6.93. The van der Waals surface area contributed by atoms with Crippen LogP contribution < -0.4 is 16.4 Å². The van der Waals surface area contributed by atoms with Gasteiger partial charge in [-0.05, 0) is 37.1 Å². The van der Waals surface area contributed by atoms with Gasteiger partial charge in [-0.3, -0.25) is 9.59 Å². The summed E-state index contributed by atoms with van der Waals surface area (Å²) in [7, 11) is 0. The van der Waals surface area contributed by atoms with Gasteiger partial charge in [-0.15, -0.1) is 0 Å². The molecule has 1 heterocycles. The van der Waals surface area contributed by atoms with Crippen molar-refractivity contribution in [3.63, 3.8) is 0 Å². The number of carbonyl (C=O) groups excluding carboxylic acids is 3. The third-order valence-electron chi connectivity index (χ3n) is 3.58. The molecule has 0 aliphatic carbocycles. The SMILES string of the molecule is CC(=O)Nc1ccc(NC(=O)[C@@H]2CCCN(C(N)=O)C2)cc1. The molecule has 0 saturated carbocycles. The molecule has 1 aromatic rings. The summed E-state index contributed by atoms with van der Waals surface area (Å²) in [6.07, 6.45) is 1.50. The minimum absolute atomic E-state index is 0.127. The Kier molecular flexibility index (Phi) is 4.98. The zero-order valence-electron chi connectivity index (χ0n) is 12.5. The number of nitrogens with zero attached hydrogens (tertiary/aromatic N) is 1. The summed E-state index contributed by atoms with van der Waals surface area (Å²) in [5.41, 5.74) is 6.58. The third kappa shape index (κ3) is 4.21. The van der Waals surface area contributed by atoms with Gasteiger partial charge in [0, 0.05) is 31.4 Å². The summed E-state index contributed by atoms with van der Waals surface area (Å²) in [5.74, 6) is -0.528. The highest BCUT2D eigenvalue weighted by molar-refractivity contribution is 5.94. The maximum atomic E-state index is 12.2. The van der Waals surface area contributed by atoms with Crippen LogP contribution in [0, 0.1) is 5.92 Å². The molecule has 7 heteroatoms. The van der Waals surface area contributed by atoms with E-state index in [4.69, 9.17) is 5.73 Å². The maximum absolute atomic E-state index is 12.2. The molecule has 1 atom stereocenters. The molecule has 22 heavy (non-hydrogen) atoms. The number of hydrogen-bond donors (Lipinski definition) is 3. The average Bonchev–Trinajstić information content (AvgIpc) is 2.49. The molecule has 4 N–H and O–H groups in total. The summed E-state index contributed by atoms with van der Waals surface area (Å²) in [5, 5.41) is 5.48. The topological polar surface area (TPSA) is 105 Å². The van der Waals surface area contributed by atoms with Gasteiger partial charge in [-0.25, -0.2) is 4.79 Å². The number of carbonyl (C=O) groups is 3. The molecule has 7 nitrogen and oxygen atoms in total. The molecule has 0 bridgehead atoms. The quantitative estimate of drug-likeness (QED) is 0.785. The number of urea groups is 1. The number of anilines is 2. The highest BCUT2D eigenvalue weighted by Gasteiger charge is 2.27. The van der Waals surface area contributed by atoms with Crippen LogP contribution >= 0.6 is 0 Å². The van der Waals surface area contributed by atoms with E-state index in [0.717, 1.165) is 12.8 Å². The van der Waals surface area contributed by atoms with Crippen LogP contribution in [-0.4, -0.2) is 35.8 Å². The molecule has 0 radical (unpaired) electrons. The van der Waals surface area contributed by atoms with Crippen molar-refractivity contribution in [2.45, 2.75) is 19.8 Å². The monoisotopic (exact) mass is 304 g/mol. The maximum Gasteiger partial charge on any atom is 0.314 e. The van der Waals surface area contributed by atoms with E-state index in [1.165, 1.54) is 11.8 Å². The van der Waals surface area contributed by atoms with Crippen LogP contribution in [0.5, 0.6) is 0 Å². The summed E-state index contributed by atoms with van der Waals surface area (Å²) in [4.78, 5) is 35.9. The van der Waals surface area contributed by atoms with E-state index in [1.54, 1.807) is 24.3 Å². The number of nitrogens with one attached hydrogen (secondary N) is 2. The molecule has 4 amide bonds. The fraction of sp³-hybridized carbons (Fsp3) is 0.400. The van der Waals surface area contributed by atoms with Crippen LogP contribution in [0.2, 0.25) is 0 Å². The molecule has 0 aromatic heterocycles. The molecule has 1 fully saturated rings. The average molecular weight is 304 g/mol. The van der Waals surface area contributed by atoms with Gasteiger partial charge in [0.15, 0.2) is 0 Å². The van der Waals surface area contributed by atoms with E-state index in [1.807, 2.05) is 0 Å². The van der Waals surface area contributed by atoms with Gasteiger partial charge in [0.2, 0.25) is 11.8 Å². The Labute approximate surface area is 128 Å². The minimum atomic E-state index is -0.489. The van der Waals surface area contributed by atoms with Gasteiger partial charge in [0.05, 0.1) is 5.92 Å². The number of benzene rings is 1. The highest BCUT2D eigenvalue weighted by Crippen LogP contribution is 2.19. The molecule has 2 rings (SSSR count). The zero-order chi connectivity index (χ0) is 16.1. The van der Waals surface area contributed by atoms with Crippen molar-refractivity contribution in [1.82, 2.24) is 4.90 Å². The lowest BCUT2D eigenvalue weighted by Gasteiger charge is -2.30. The minimum Gasteiger partial charge on any atom is -0.351 e. The molecule has 0 unspecified atom stereocenters. The number of hydrogen-bond acceptors (Lipinski definition) is 3. The summed E-state index contributed by atoms with van der Waals surface area (Å²) >= 11 is 0. The molecular weight excluding hydrogens is 284 g/mol. The van der Waals surface area contributed by atoms with Crippen LogP contribution in [0.1, 0.15) is 19.8 Å². The van der Waals surface area contributed by atoms with Gasteiger partial charge in [-0.2, -0.15) is 0 Å². The first-order valence-corrected chi connectivity index (χ1v) is 7.18. The lowest BCUT2D eigenvalue weighted by Crippen LogP contribution is -2.46. The number of piperidine rings is 1. The van der Waals surface area contributed by atoms with E-state index in [-0.39, 0.29) is 17.7 Å². The first-order chi connectivity index (χ1) is 10.5. The Morgan fingerprint density at radius 1 is 1.14 bits per heavy atom. The normalized spacial score (nSPS) is 17.7. The standard InChI is InChI=1S/C15H20N4O3/c1-10(20)17-12-4-6-13(7-5-12)18-14(21)11-3-2-8-19(9-11)15(16)22/h4-7,11H,2-3,8-9H2,1H3,(H2,16,22)(H,17,20)(H,18,21)/t11-/m1/s1. The van der Waals surface area contributed by atoms with Gasteiger partial charge in [0.1, 0.15) is 0 Å². The van der Waals surface area contributed by atoms with Crippen LogP contribution in [0.4, 0.5) is 16.2 Å². The lowest BCUT2D eigenvalue weighted by molar-refractivity contribution is -0.121. The number of likely N-dealkylation sites (tertiary alicyclic amines) is 1. The van der Waals surface area contributed by atoms with E-state index in [2.05, 4.69) is 10.6 Å². The Bertz CT molecular complexity index is 571. The molecule has 1 saturated heterocycles. The number of nitrogens with two attached hydrogens (primary N) is 1. The fourth-order valence-electron chi connectivity index (χ4n) is 2.48. The van der Waals surface area contributed by atoms with Crippen LogP contribution in [0.25, 0.3) is 0 Å². The first-order valence-electron chi connectivity index (χ1n) is 7.18. The van der Waals surface area contributed by atoms with Gasteiger partial charge < -0.3 is 21.3 Å². The molecule has 1 aliphatic rings. The van der Waals surface area contributed by atoms with Gasteiger partial charge in [-0.1, -0.05) is 0 Å². The van der Waals surface area contributed by atoms with Crippen molar-refractivity contribution in [3.8, 4) is 0 Å². The van der Waals surface area contributed by atoms with Crippen molar-refractivity contribution >= 4 is 29.2 Å². The molecule has 1 aliphatic heterocycles. The Morgan fingerprint density at radius 2 is 1.73 bits per heavy atom. The number of amides is 4.